The van der Waals surface area contributed by atoms with Gasteiger partial charge in [-0.3, -0.25) is 5.10 Å². The van der Waals surface area contributed by atoms with Crippen LogP contribution in [0.5, 0.6) is 0 Å². The van der Waals surface area contributed by atoms with Crippen LogP contribution in [0.25, 0.3) is 43.9 Å². The number of H-pyrrole nitrogens is 1. The molecule has 0 fully saturated rings. The van der Waals surface area contributed by atoms with E-state index >= 15 is 0 Å². The van der Waals surface area contributed by atoms with Crippen LogP contribution < -0.4 is 5.73 Å². The number of hydrogen-bond donors (Lipinski definition) is 2. The molecule has 0 aliphatic rings. The predicted molar refractivity (Wildman–Crippen MR) is 112 cm³/mol. The fourth-order valence-corrected chi connectivity index (χ4v) is 4.00. The van der Waals surface area contributed by atoms with Crippen LogP contribution in [0.1, 0.15) is 0 Å². The fourth-order valence-electron chi connectivity index (χ4n) is 3.27. The van der Waals surface area contributed by atoms with Gasteiger partial charge in [0.05, 0.1) is 5.69 Å². The highest BCUT2D eigenvalue weighted by molar-refractivity contribution is 7.13. The minimum atomic E-state index is 0.700. The zero-order valence-corrected chi connectivity index (χ0v) is 15.2. The molecule has 4 nitrogen and oxygen atoms in total. The molecule has 0 radical (unpaired) electrons. The van der Waals surface area contributed by atoms with E-state index in [-0.39, 0.29) is 0 Å². The van der Waals surface area contributed by atoms with Crippen molar-refractivity contribution in [2.45, 2.75) is 0 Å². The quantitative estimate of drug-likeness (QED) is 0.407. The van der Waals surface area contributed by atoms with Gasteiger partial charge >= 0.3 is 0 Å². The number of benzene rings is 2. The second-order valence-corrected chi connectivity index (χ2v) is 7.29. The summed E-state index contributed by atoms with van der Waals surface area (Å²) in [4.78, 5) is 5.76. The summed E-state index contributed by atoms with van der Waals surface area (Å²) in [5, 5.41) is 10.5. The molecule has 5 aromatic rings. The molecule has 2 aromatic carbocycles. The molecule has 0 saturated carbocycles. The number of rotatable bonds is 3. The first-order valence-corrected chi connectivity index (χ1v) is 9.51. The van der Waals surface area contributed by atoms with Gasteiger partial charge in [0, 0.05) is 38.8 Å². The van der Waals surface area contributed by atoms with E-state index in [1.54, 1.807) is 11.3 Å². The normalized spacial score (nSPS) is 11.1. The maximum Gasteiger partial charge on any atom is 0.181 e. The summed E-state index contributed by atoms with van der Waals surface area (Å²) in [5.74, 6) is 0. The third kappa shape index (κ3) is 2.78. The van der Waals surface area contributed by atoms with Crippen LogP contribution in [0.4, 0.5) is 5.69 Å². The van der Waals surface area contributed by atoms with Crippen LogP contribution in [0.15, 0.2) is 78.3 Å². The molecule has 0 spiro atoms. The topological polar surface area (TPSA) is 67.6 Å². The summed E-state index contributed by atoms with van der Waals surface area (Å²) in [6, 6.07) is 22.6. The first-order valence-electron chi connectivity index (χ1n) is 8.63. The van der Waals surface area contributed by atoms with E-state index in [1.807, 2.05) is 30.5 Å². The van der Waals surface area contributed by atoms with E-state index in [4.69, 9.17) is 5.73 Å². The van der Waals surface area contributed by atoms with E-state index < -0.39 is 0 Å². The van der Waals surface area contributed by atoms with Crippen molar-refractivity contribution in [3.05, 3.63) is 78.3 Å². The number of thiophene rings is 1. The third-order valence-electron chi connectivity index (χ3n) is 4.64. The van der Waals surface area contributed by atoms with Crippen molar-refractivity contribution in [1.82, 2.24) is 15.2 Å². The average molecular weight is 368 g/mol. The van der Waals surface area contributed by atoms with Crippen LogP contribution in [-0.4, -0.2) is 15.2 Å². The number of anilines is 1. The van der Waals surface area contributed by atoms with Gasteiger partial charge in [-0.1, -0.05) is 42.5 Å². The minimum absolute atomic E-state index is 0.700. The second kappa shape index (κ2) is 6.37. The highest BCUT2D eigenvalue weighted by atomic mass is 32.1. The lowest BCUT2D eigenvalue weighted by atomic mass is 10.00. The molecule has 3 aromatic heterocycles. The number of hydrogen-bond acceptors (Lipinski definition) is 4. The Morgan fingerprint density at radius 3 is 2.56 bits per heavy atom. The molecule has 3 N–H and O–H groups in total. The number of nitrogens with two attached hydrogens (primary N) is 1. The van der Waals surface area contributed by atoms with Gasteiger partial charge in [-0.25, -0.2) is 4.98 Å². The van der Waals surface area contributed by atoms with Crippen LogP contribution in [-0.2, 0) is 0 Å². The smallest absolute Gasteiger partial charge is 0.181 e. The Hall–Kier alpha value is -3.44. The Labute approximate surface area is 160 Å². The fraction of sp³-hybridized carbons (Fsp3) is 0. The minimum Gasteiger partial charge on any atom is -0.398 e. The molecular formula is C22H16N4S. The number of fused-ring (bicyclic) bond motifs is 1. The summed E-state index contributed by atoms with van der Waals surface area (Å²) in [5.41, 5.74) is 12.9. The van der Waals surface area contributed by atoms with Gasteiger partial charge in [-0.15, -0.1) is 11.3 Å². The standard InChI is InChI=1S/C22H16N4S/c23-19-9-8-15(20-7-4-10-27-20)11-17(19)16-12-18-21(14-5-2-1-3-6-14)25-26-22(18)24-13-16/h1-13H,23H2,(H,24,25,26). The Balaban J connectivity index is 1.67. The lowest BCUT2D eigenvalue weighted by molar-refractivity contribution is 1.10. The molecular weight excluding hydrogens is 352 g/mol. The number of aromatic amines is 1. The molecule has 0 atom stereocenters. The SMILES string of the molecule is Nc1ccc(-c2cccs2)cc1-c1cnc2n[nH]c(-c3ccccc3)c2c1. The lowest BCUT2D eigenvalue weighted by Gasteiger charge is -2.08. The molecule has 0 aliphatic carbocycles. The van der Waals surface area contributed by atoms with Gasteiger partial charge in [0.15, 0.2) is 5.65 Å². The molecule has 0 amide bonds. The van der Waals surface area contributed by atoms with E-state index in [9.17, 15) is 0 Å². The van der Waals surface area contributed by atoms with E-state index in [0.717, 1.165) is 39.0 Å². The van der Waals surface area contributed by atoms with Gasteiger partial charge in [-0.2, -0.15) is 5.10 Å². The zero-order valence-electron chi connectivity index (χ0n) is 14.4. The monoisotopic (exact) mass is 368 g/mol. The molecule has 0 saturated heterocycles. The van der Waals surface area contributed by atoms with Crippen molar-refractivity contribution < 1.29 is 0 Å². The average Bonchev–Trinajstić information content (AvgIpc) is 3.39. The summed E-state index contributed by atoms with van der Waals surface area (Å²) >= 11 is 1.72. The second-order valence-electron chi connectivity index (χ2n) is 6.34. The molecule has 5 rings (SSSR count). The zero-order chi connectivity index (χ0) is 18.2. The summed E-state index contributed by atoms with van der Waals surface area (Å²) in [6.45, 7) is 0. The number of nitrogen functional groups attached to an aromatic ring is 1. The van der Waals surface area contributed by atoms with Crippen LogP contribution in [0, 0.1) is 0 Å². The molecule has 0 bridgehead atoms. The molecule has 130 valence electrons. The van der Waals surface area contributed by atoms with Crippen molar-refractivity contribution in [3.8, 4) is 32.8 Å². The largest absolute Gasteiger partial charge is 0.398 e. The van der Waals surface area contributed by atoms with Crippen LogP contribution in [0.2, 0.25) is 0 Å². The van der Waals surface area contributed by atoms with Gasteiger partial charge in [0.1, 0.15) is 0 Å². The van der Waals surface area contributed by atoms with E-state index in [2.05, 4.69) is 63.0 Å². The van der Waals surface area contributed by atoms with Gasteiger partial charge < -0.3 is 5.73 Å². The maximum absolute atomic E-state index is 6.30. The highest BCUT2D eigenvalue weighted by Crippen LogP contribution is 2.35. The molecule has 3 heterocycles. The first kappa shape index (κ1) is 15.8. The number of nitrogens with zero attached hydrogens (tertiary/aromatic N) is 2. The Kier molecular flexibility index (Phi) is 3.73. The number of pyridine rings is 1. The highest BCUT2D eigenvalue weighted by Gasteiger charge is 2.12. The molecule has 5 heteroatoms. The summed E-state index contributed by atoms with van der Waals surface area (Å²) < 4.78 is 0. The van der Waals surface area contributed by atoms with Crippen molar-refractivity contribution in [2.75, 3.05) is 5.73 Å². The van der Waals surface area contributed by atoms with E-state index in [1.165, 1.54) is 4.88 Å². The van der Waals surface area contributed by atoms with Crippen molar-refractivity contribution in [3.63, 3.8) is 0 Å². The third-order valence-corrected chi connectivity index (χ3v) is 5.56. The summed E-state index contributed by atoms with van der Waals surface area (Å²) in [6.07, 6.45) is 1.84. The maximum atomic E-state index is 6.30. The lowest BCUT2D eigenvalue weighted by Crippen LogP contribution is -1.91. The van der Waals surface area contributed by atoms with Crippen LogP contribution in [0.3, 0.4) is 0 Å². The first-order chi connectivity index (χ1) is 13.3. The molecule has 0 aliphatic heterocycles. The van der Waals surface area contributed by atoms with E-state index in [0.29, 0.717) is 5.65 Å². The Morgan fingerprint density at radius 2 is 1.74 bits per heavy atom. The molecule has 27 heavy (non-hydrogen) atoms. The van der Waals surface area contributed by atoms with Crippen molar-refractivity contribution >= 4 is 28.1 Å². The van der Waals surface area contributed by atoms with Gasteiger partial charge in [0.2, 0.25) is 0 Å². The van der Waals surface area contributed by atoms with Gasteiger partial charge in [-0.05, 0) is 35.2 Å². The van der Waals surface area contributed by atoms with Crippen molar-refractivity contribution in [2.24, 2.45) is 0 Å². The predicted octanol–water partition coefficient (Wildman–Crippen LogP) is 5.60. The number of aromatic nitrogens is 3. The summed E-state index contributed by atoms with van der Waals surface area (Å²) in [7, 11) is 0. The van der Waals surface area contributed by atoms with Gasteiger partial charge in [0.25, 0.3) is 0 Å². The van der Waals surface area contributed by atoms with Crippen LogP contribution >= 0.6 is 11.3 Å². The Morgan fingerprint density at radius 1 is 0.852 bits per heavy atom. The number of nitrogens with one attached hydrogen (secondary N) is 1. The molecule has 0 unspecified atom stereocenters. The Bertz CT molecular complexity index is 1220. The van der Waals surface area contributed by atoms with Crippen molar-refractivity contribution in [1.29, 1.82) is 0 Å².